The van der Waals surface area contributed by atoms with E-state index >= 15 is 0 Å². The molecule has 1 aromatic carbocycles. The van der Waals surface area contributed by atoms with Crippen molar-refractivity contribution in [3.63, 3.8) is 0 Å². The van der Waals surface area contributed by atoms with Gasteiger partial charge >= 0.3 is 0 Å². The molecule has 0 atom stereocenters. The zero-order chi connectivity index (χ0) is 10.3. The second-order valence-electron chi connectivity index (χ2n) is 3.98. The van der Waals surface area contributed by atoms with Crippen LogP contribution >= 0.6 is 0 Å². The number of benzene rings is 1. The fourth-order valence-corrected chi connectivity index (χ4v) is 1.88. The molecule has 0 aliphatic rings. The van der Waals surface area contributed by atoms with Crippen molar-refractivity contribution in [3.05, 3.63) is 35.8 Å². The molecule has 0 aliphatic heterocycles. The lowest BCUT2D eigenvalue weighted by molar-refractivity contribution is 0.638. The Morgan fingerprint density at radius 3 is 2.57 bits per heavy atom. The first kappa shape index (κ1) is 9.25. The number of hydrogen-bond donors (Lipinski definition) is 0. The van der Waals surface area contributed by atoms with E-state index in [0.29, 0.717) is 5.92 Å². The molecule has 2 heteroatoms. The normalized spacial score (nSPS) is 11.5. The summed E-state index contributed by atoms with van der Waals surface area (Å²) in [7, 11) is 1.95. The SMILES string of the molecule is CC(C)c1ccc(F)c2ccn(C)c12. The van der Waals surface area contributed by atoms with Crippen molar-refractivity contribution in [1.82, 2.24) is 4.57 Å². The number of aryl methyl sites for hydroxylation is 1. The van der Waals surface area contributed by atoms with Gasteiger partial charge in [-0.25, -0.2) is 4.39 Å². The van der Waals surface area contributed by atoms with Gasteiger partial charge in [-0.05, 0) is 23.6 Å². The molecule has 0 saturated heterocycles. The largest absolute Gasteiger partial charge is 0.350 e. The van der Waals surface area contributed by atoms with Gasteiger partial charge in [0.2, 0.25) is 0 Å². The van der Waals surface area contributed by atoms with Crippen LogP contribution in [0.1, 0.15) is 25.3 Å². The quantitative estimate of drug-likeness (QED) is 0.650. The Bertz CT molecular complexity index is 468. The van der Waals surface area contributed by atoms with Gasteiger partial charge in [-0.3, -0.25) is 0 Å². The van der Waals surface area contributed by atoms with E-state index in [0.717, 1.165) is 10.9 Å². The molecule has 0 saturated carbocycles. The van der Waals surface area contributed by atoms with Crippen molar-refractivity contribution in [3.8, 4) is 0 Å². The standard InChI is InChI=1S/C12H14FN/c1-8(2)9-4-5-11(13)10-6-7-14(3)12(9)10/h4-8H,1-3H3. The van der Waals surface area contributed by atoms with Crippen molar-refractivity contribution >= 4 is 10.9 Å². The van der Waals surface area contributed by atoms with Gasteiger partial charge in [-0.1, -0.05) is 19.9 Å². The Balaban J connectivity index is 2.85. The number of rotatable bonds is 1. The lowest BCUT2D eigenvalue weighted by Crippen LogP contribution is -1.95. The van der Waals surface area contributed by atoms with Crippen LogP contribution in [0.4, 0.5) is 4.39 Å². The van der Waals surface area contributed by atoms with Crippen molar-refractivity contribution in [1.29, 1.82) is 0 Å². The number of hydrogen-bond acceptors (Lipinski definition) is 0. The highest BCUT2D eigenvalue weighted by Gasteiger charge is 2.10. The van der Waals surface area contributed by atoms with Crippen molar-refractivity contribution in [2.45, 2.75) is 19.8 Å². The van der Waals surface area contributed by atoms with E-state index in [4.69, 9.17) is 0 Å². The Morgan fingerprint density at radius 1 is 1.21 bits per heavy atom. The molecule has 1 nitrogen and oxygen atoms in total. The van der Waals surface area contributed by atoms with Crippen LogP contribution in [0.3, 0.4) is 0 Å². The summed E-state index contributed by atoms with van der Waals surface area (Å²) < 4.78 is 15.4. The van der Waals surface area contributed by atoms with Gasteiger partial charge < -0.3 is 4.57 Å². The van der Waals surface area contributed by atoms with Crippen LogP contribution in [-0.4, -0.2) is 4.57 Å². The number of nitrogens with zero attached hydrogens (tertiary/aromatic N) is 1. The third-order valence-electron chi connectivity index (χ3n) is 2.63. The summed E-state index contributed by atoms with van der Waals surface area (Å²) in [6.07, 6.45) is 1.90. The highest BCUT2D eigenvalue weighted by molar-refractivity contribution is 5.84. The van der Waals surface area contributed by atoms with Gasteiger partial charge in [-0.15, -0.1) is 0 Å². The molecule has 2 aromatic rings. The van der Waals surface area contributed by atoms with Crippen molar-refractivity contribution < 1.29 is 4.39 Å². The summed E-state index contributed by atoms with van der Waals surface area (Å²) in [5, 5.41) is 0.721. The first-order valence-corrected chi connectivity index (χ1v) is 4.84. The summed E-state index contributed by atoms with van der Waals surface area (Å²) >= 11 is 0. The molecule has 0 N–H and O–H groups in total. The van der Waals surface area contributed by atoms with E-state index in [2.05, 4.69) is 13.8 Å². The van der Waals surface area contributed by atoms with Gasteiger partial charge in [0, 0.05) is 18.6 Å². The Morgan fingerprint density at radius 2 is 1.93 bits per heavy atom. The highest BCUT2D eigenvalue weighted by Crippen LogP contribution is 2.27. The minimum atomic E-state index is -0.134. The first-order valence-electron chi connectivity index (χ1n) is 4.84. The summed E-state index contributed by atoms with van der Waals surface area (Å²) in [5.41, 5.74) is 2.22. The second kappa shape index (κ2) is 3.12. The number of fused-ring (bicyclic) bond motifs is 1. The Hall–Kier alpha value is -1.31. The minimum absolute atomic E-state index is 0.134. The molecule has 1 heterocycles. The van der Waals surface area contributed by atoms with Gasteiger partial charge in [0.05, 0.1) is 5.52 Å². The maximum Gasteiger partial charge on any atom is 0.132 e. The Kier molecular flexibility index (Phi) is 2.06. The fraction of sp³-hybridized carbons (Fsp3) is 0.333. The summed E-state index contributed by atoms with van der Waals surface area (Å²) in [4.78, 5) is 0. The molecule has 74 valence electrons. The topological polar surface area (TPSA) is 4.93 Å². The predicted octanol–water partition coefficient (Wildman–Crippen LogP) is 3.44. The van der Waals surface area contributed by atoms with E-state index in [1.165, 1.54) is 5.56 Å². The van der Waals surface area contributed by atoms with Crippen LogP contribution in [0.5, 0.6) is 0 Å². The number of halogens is 1. The van der Waals surface area contributed by atoms with Crippen molar-refractivity contribution in [2.75, 3.05) is 0 Å². The molecule has 0 aliphatic carbocycles. The van der Waals surface area contributed by atoms with Gasteiger partial charge in [0.1, 0.15) is 5.82 Å². The lowest BCUT2D eigenvalue weighted by atomic mass is 10.0. The summed E-state index contributed by atoms with van der Waals surface area (Å²) in [5.74, 6) is 0.289. The van der Waals surface area contributed by atoms with Gasteiger partial charge in [-0.2, -0.15) is 0 Å². The highest BCUT2D eigenvalue weighted by atomic mass is 19.1. The van der Waals surface area contributed by atoms with Gasteiger partial charge in [0.15, 0.2) is 0 Å². The maximum absolute atomic E-state index is 13.4. The van der Waals surface area contributed by atoms with E-state index < -0.39 is 0 Å². The monoisotopic (exact) mass is 191 g/mol. The van der Waals surface area contributed by atoms with Crippen LogP contribution < -0.4 is 0 Å². The lowest BCUT2D eigenvalue weighted by Gasteiger charge is -2.09. The predicted molar refractivity (Wildman–Crippen MR) is 57.0 cm³/mol. The van der Waals surface area contributed by atoms with E-state index in [1.54, 1.807) is 6.07 Å². The van der Waals surface area contributed by atoms with E-state index in [1.807, 2.05) is 29.9 Å². The van der Waals surface area contributed by atoms with Crippen LogP contribution in [0.15, 0.2) is 24.4 Å². The molecule has 0 unspecified atom stereocenters. The molecule has 2 rings (SSSR count). The number of aromatic nitrogens is 1. The molecule has 0 bridgehead atoms. The van der Waals surface area contributed by atoms with Crippen LogP contribution in [-0.2, 0) is 7.05 Å². The van der Waals surface area contributed by atoms with Crippen molar-refractivity contribution in [2.24, 2.45) is 7.05 Å². The smallest absolute Gasteiger partial charge is 0.132 e. The third-order valence-corrected chi connectivity index (χ3v) is 2.63. The van der Waals surface area contributed by atoms with Crippen LogP contribution in [0.2, 0.25) is 0 Å². The molecule has 0 fully saturated rings. The minimum Gasteiger partial charge on any atom is -0.350 e. The third kappa shape index (κ3) is 1.22. The van der Waals surface area contributed by atoms with Crippen LogP contribution in [0, 0.1) is 5.82 Å². The average Bonchev–Trinajstić information content (AvgIpc) is 2.50. The zero-order valence-corrected chi connectivity index (χ0v) is 8.71. The van der Waals surface area contributed by atoms with Gasteiger partial charge in [0.25, 0.3) is 0 Å². The molecule has 0 amide bonds. The molecule has 0 spiro atoms. The van der Waals surface area contributed by atoms with E-state index in [9.17, 15) is 4.39 Å². The Labute approximate surface area is 83.2 Å². The molecular weight excluding hydrogens is 177 g/mol. The molecule has 14 heavy (non-hydrogen) atoms. The molecular formula is C12H14FN. The fourth-order valence-electron chi connectivity index (χ4n) is 1.88. The second-order valence-corrected chi connectivity index (χ2v) is 3.98. The molecule has 1 aromatic heterocycles. The summed E-state index contributed by atoms with van der Waals surface area (Å²) in [6, 6.07) is 5.26. The average molecular weight is 191 g/mol. The summed E-state index contributed by atoms with van der Waals surface area (Å²) in [6.45, 7) is 4.25. The first-order chi connectivity index (χ1) is 6.61. The maximum atomic E-state index is 13.4. The zero-order valence-electron chi connectivity index (χ0n) is 8.71. The van der Waals surface area contributed by atoms with Crippen LogP contribution in [0.25, 0.3) is 10.9 Å². The molecule has 0 radical (unpaired) electrons. The van der Waals surface area contributed by atoms with E-state index in [-0.39, 0.29) is 5.82 Å².